The average molecular weight is 456 g/mol. The lowest BCUT2D eigenvalue weighted by molar-refractivity contribution is -0.274. The Labute approximate surface area is 189 Å². The zero-order valence-corrected chi connectivity index (χ0v) is 17.7. The van der Waals surface area contributed by atoms with Gasteiger partial charge in [-0.15, -0.1) is 13.2 Å². The van der Waals surface area contributed by atoms with Crippen molar-refractivity contribution in [1.29, 1.82) is 0 Å². The fraction of sp³-hybridized carbons (Fsp3) is 0.240. The van der Waals surface area contributed by atoms with Crippen molar-refractivity contribution in [2.45, 2.75) is 25.4 Å². The van der Waals surface area contributed by atoms with E-state index < -0.39 is 12.5 Å². The molecule has 0 saturated heterocycles. The van der Waals surface area contributed by atoms with Crippen LogP contribution in [0.5, 0.6) is 5.75 Å². The van der Waals surface area contributed by atoms with Crippen LogP contribution in [0, 0.1) is 0 Å². The zero-order chi connectivity index (χ0) is 23.4. The van der Waals surface area contributed by atoms with Crippen molar-refractivity contribution in [2.75, 3.05) is 18.0 Å². The molecule has 1 unspecified atom stereocenters. The smallest absolute Gasteiger partial charge is 0.406 e. The minimum Gasteiger partial charge on any atom is -0.406 e. The molecule has 1 atom stereocenters. The summed E-state index contributed by atoms with van der Waals surface area (Å²) in [5.41, 5.74) is 4.52. The van der Waals surface area contributed by atoms with Crippen LogP contribution in [0.15, 0.2) is 72.8 Å². The third kappa shape index (κ3) is 5.84. The van der Waals surface area contributed by atoms with Gasteiger partial charge in [-0.3, -0.25) is 4.79 Å². The Balaban J connectivity index is 1.31. The van der Waals surface area contributed by atoms with E-state index in [1.54, 1.807) is 12.1 Å². The van der Waals surface area contributed by atoms with Gasteiger partial charge in [0.2, 0.25) is 0 Å². The van der Waals surface area contributed by atoms with Crippen LogP contribution in [0.1, 0.15) is 33.2 Å². The molecule has 2 N–H and O–H groups in total. The molecule has 1 heterocycles. The third-order valence-electron chi connectivity index (χ3n) is 5.58. The summed E-state index contributed by atoms with van der Waals surface area (Å²) in [4.78, 5) is 14.7. The van der Waals surface area contributed by atoms with E-state index >= 15 is 0 Å². The Morgan fingerprint density at radius 1 is 1.00 bits per heavy atom. The largest absolute Gasteiger partial charge is 0.573 e. The molecule has 0 fully saturated rings. The summed E-state index contributed by atoms with van der Waals surface area (Å²) in [5.74, 6) is -0.721. The lowest BCUT2D eigenvalue weighted by Gasteiger charge is -2.30. The lowest BCUT2D eigenvalue weighted by atomic mass is 9.99. The molecule has 0 spiro atoms. The van der Waals surface area contributed by atoms with Crippen LogP contribution in [0.2, 0.25) is 0 Å². The number of anilines is 1. The van der Waals surface area contributed by atoms with Crippen molar-refractivity contribution in [3.8, 4) is 5.75 Å². The number of aliphatic hydroxyl groups is 1. The summed E-state index contributed by atoms with van der Waals surface area (Å²) in [6.45, 7) is 1.64. The summed E-state index contributed by atoms with van der Waals surface area (Å²) in [6, 6.07) is 20.5. The van der Waals surface area contributed by atoms with E-state index in [0.29, 0.717) is 11.1 Å². The number of nitrogens with zero attached hydrogens (tertiary/aromatic N) is 1. The fourth-order valence-electron chi connectivity index (χ4n) is 3.84. The number of hydrogen-bond acceptors (Lipinski definition) is 4. The summed E-state index contributed by atoms with van der Waals surface area (Å²) in [5, 5.41) is 12.9. The molecule has 3 aromatic rings. The van der Waals surface area contributed by atoms with Crippen LogP contribution in [0.3, 0.4) is 0 Å². The van der Waals surface area contributed by atoms with Crippen LogP contribution in [0.25, 0.3) is 0 Å². The summed E-state index contributed by atoms with van der Waals surface area (Å²) in [7, 11) is 0. The number of fused-ring (bicyclic) bond motifs is 1. The Kier molecular flexibility index (Phi) is 6.55. The van der Waals surface area contributed by atoms with Gasteiger partial charge < -0.3 is 20.1 Å². The number of nitrogens with one attached hydrogen (secondary N) is 1. The Morgan fingerprint density at radius 3 is 2.33 bits per heavy atom. The molecule has 0 bridgehead atoms. The quantitative estimate of drug-likeness (QED) is 0.569. The van der Waals surface area contributed by atoms with Gasteiger partial charge in [0.15, 0.2) is 0 Å². The molecule has 1 amide bonds. The molecule has 0 saturated carbocycles. The minimum atomic E-state index is -4.78. The Hall–Kier alpha value is -3.52. The highest BCUT2D eigenvalue weighted by Gasteiger charge is 2.31. The van der Waals surface area contributed by atoms with Crippen molar-refractivity contribution in [1.82, 2.24) is 5.32 Å². The molecule has 0 radical (unpaired) electrons. The SMILES string of the molecule is O=C(NCC(O)c1ccc(OC(F)(F)F)cc1)c1ccc(N2CCc3ccccc3C2)cc1. The Morgan fingerprint density at radius 2 is 1.67 bits per heavy atom. The van der Waals surface area contributed by atoms with Crippen LogP contribution >= 0.6 is 0 Å². The third-order valence-corrected chi connectivity index (χ3v) is 5.58. The maximum atomic E-state index is 12.5. The van der Waals surface area contributed by atoms with Gasteiger partial charge in [-0.25, -0.2) is 0 Å². The van der Waals surface area contributed by atoms with Crippen molar-refractivity contribution < 1.29 is 27.8 Å². The number of hydrogen-bond donors (Lipinski definition) is 2. The topological polar surface area (TPSA) is 61.8 Å². The van der Waals surface area contributed by atoms with Crippen molar-refractivity contribution in [3.05, 3.63) is 95.1 Å². The number of ether oxygens (including phenoxy) is 1. The maximum Gasteiger partial charge on any atom is 0.573 e. The first-order chi connectivity index (χ1) is 15.8. The highest BCUT2D eigenvalue weighted by Crippen LogP contribution is 2.26. The summed E-state index contributed by atoms with van der Waals surface area (Å²) in [6.07, 6.45) is -4.87. The second kappa shape index (κ2) is 9.54. The van der Waals surface area contributed by atoms with Gasteiger partial charge in [0, 0.05) is 30.9 Å². The van der Waals surface area contributed by atoms with Gasteiger partial charge in [-0.2, -0.15) is 0 Å². The van der Waals surface area contributed by atoms with Gasteiger partial charge in [-0.1, -0.05) is 36.4 Å². The summed E-state index contributed by atoms with van der Waals surface area (Å²) < 4.78 is 40.5. The van der Waals surface area contributed by atoms with Crippen molar-refractivity contribution in [3.63, 3.8) is 0 Å². The number of carbonyl (C=O) groups is 1. The molecule has 0 aromatic heterocycles. The highest BCUT2D eigenvalue weighted by atomic mass is 19.4. The average Bonchev–Trinajstić information content (AvgIpc) is 2.81. The van der Waals surface area contributed by atoms with Crippen LogP contribution in [-0.2, 0) is 13.0 Å². The molecule has 3 aromatic carbocycles. The second-order valence-electron chi connectivity index (χ2n) is 7.83. The number of amides is 1. The first kappa shape index (κ1) is 22.7. The molecule has 172 valence electrons. The molecule has 5 nitrogen and oxygen atoms in total. The van der Waals surface area contributed by atoms with E-state index in [1.165, 1.54) is 23.3 Å². The van der Waals surface area contributed by atoms with E-state index in [9.17, 15) is 23.1 Å². The van der Waals surface area contributed by atoms with Gasteiger partial charge in [0.25, 0.3) is 5.91 Å². The lowest BCUT2D eigenvalue weighted by Crippen LogP contribution is -2.30. The number of halogens is 3. The van der Waals surface area contributed by atoms with Gasteiger partial charge in [-0.05, 0) is 59.5 Å². The van der Waals surface area contributed by atoms with E-state index in [4.69, 9.17) is 0 Å². The molecule has 8 heteroatoms. The van der Waals surface area contributed by atoms with Gasteiger partial charge in [0.05, 0.1) is 6.10 Å². The molecule has 0 aliphatic carbocycles. The Bertz CT molecular complexity index is 1100. The predicted molar refractivity (Wildman–Crippen MR) is 118 cm³/mol. The molecule has 1 aliphatic rings. The monoisotopic (exact) mass is 456 g/mol. The number of rotatable bonds is 6. The second-order valence-corrected chi connectivity index (χ2v) is 7.83. The number of alkyl halides is 3. The van der Waals surface area contributed by atoms with Crippen LogP contribution in [-0.4, -0.2) is 30.5 Å². The molecular formula is C25H23F3N2O3. The fourth-order valence-corrected chi connectivity index (χ4v) is 3.84. The number of aliphatic hydroxyl groups excluding tert-OH is 1. The first-order valence-electron chi connectivity index (χ1n) is 10.5. The molecule has 33 heavy (non-hydrogen) atoms. The maximum absolute atomic E-state index is 12.5. The van der Waals surface area contributed by atoms with Crippen molar-refractivity contribution in [2.24, 2.45) is 0 Å². The highest BCUT2D eigenvalue weighted by molar-refractivity contribution is 5.94. The summed E-state index contributed by atoms with van der Waals surface area (Å²) >= 11 is 0. The number of benzene rings is 3. The van der Waals surface area contributed by atoms with Crippen molar-refractivity contribution >= 4 is 11.6 Å². The van der Waals surface area contributed by atoms with Gasteiger partial charge in [0.1, 0.15) is 5.75 Å². The normalized spacial score (nSPS) is 14.4. The number of carbonyl (C=O) groups excluding carboxylic acids is 1. The molecule has 1 aliphatic heterocycles. The minimum absolute atomic E-state index is 0.0804. The van der Waals surface area contributed by atoms with E-state index in [0.717, 1.165) is 37.3 Å². The standard InChI is InChI=1S/C25H23F3N2O3/c26-25(27,28)33-22-11-7-18(8-12-22)23(31)15-29-24(32)19-5-9-21(10-6-19)30-14-13-17-3-1-2-4-20(17)16-30/h1-12,23,31H,13-16H2,(H,29,32). The molecule has 4 rings (SSSR count). The predicted octanol–water partition coefficient (Wildman–Crippen LogP) is 4.61. The van der Waals surface area contributed by atoms with E-state index in [2.05, 4.69) is 33.2 Å². The van der Waals surface area contributed by atoms with E-state index in [1.807, 2.05) is 18.2 Å². The molecular weight excluding hydrogens is 433 g/mol. The van der Waals surface area contributed by atoms with Gasteiger partial charge >= 0.3 is 6.36 Å². The van der Waals surface area contributed by atoms with Crippen LogP contribution < -0.4 is 15.0 Å². The first-order valence-corrected chi connectivity index (χ1v) is 10.5. The van der Waals surface area contributed by atoms with Crippen LogP contribution in [0.4, 0.5) is 18.9 Å². The van der Waals surface area contributed by atoms with E-state index in [-0.39, 0.29) is 18.2 Å². The zero-order valence-electron chi connectivity index (χ0n) is 17.7.